The molecule has 1 saturated heterocycles. The number of rotatable bonds is 11. The number of piperidine rings is 1. The van der Waals surface area contributed by atoms with Crippen LogP contribution in [0.4, 0.5) is 5.82 Å². The minimum atomic E-state index is 0.386. The van der Waals surface area contributed by atoms with Crippen LogP contribution in [0, 0.1) is 18.8 Å². The number of anilines is 1. The molecule has 0 bridgehead atoms. The molecule has 0 saturated carbocycles. The summed E-state index contributed by atoms with van der Waals surface area (Å²) in [6, 6.07) is 10.2. The number of fused-ring (bicyclic) bond motifs is 1. The molecule has 2 N–H and O–H groups in total. The van der Waals surface area contributed by atoms with Gasteiger partial charge in [0, 0.05) is 18.5 Å². The summed E-state index contributed by atoms with van der Waals surface area (Å²) in [6.45, 7) is 8.90. The van der Waals surface area contributed by atoms with E-state index in [1.165, 1.54) is 45.3 Å². The van der Waals surface area contributed by atoms with Crippen molar-refractivity contribution in [1.29, 1.82) is 0 Å². The van der Waals surface area contributed by atoms with Crippen LogP contribution in [0.1, 0.15) is 80.9 Å². The summed E-state index contributed by atoms with van der Waals surface area (Å²) in [6.07, 6.45) is 10.3. The molecule has 1 aliphatic rings. The van der Waals surface area contributed by atoms with Gasteiger partial charge >= 0.3 is 0 Å². The Kier molecular flexibility index (Phi) is 9.77. The van der Waals surface area contributed by atoms with Crippen molar-refractivity contribution >= 4 is 16.9 Å². The lowest BCUT2D eigenvalue weighted by molar-refractivity contribution is 0.0657. The number of aromatic nitrogens is 3. The van der Waals surface area contributed by atoms with Crippen LogP contribution < -0.4 is 5.73 Å². The number of hydrogen-bond donors (Lipinski definition) is 1. The fraction of sp³-hybridized carbons (Fsp3) is 0.533. The van der Waals surface area contributed by atoms with Gasteiger partial charge in [-0.15, -0.1) is 0 Å². The van der Waals surface area contributed by atoms with E-state index < -0.39 is 0 Å². The van der Waals surface area contributed by atoms with Crippen LogP contribution in [0.2, 0.25) is 0 Å². The van der Waals surface area contributed by atoms with Crippen molar-refractivity contribution < 1.29 is 4.74 Å². The summed E-state index contributed by atoms with van der Waals surface area (Å²) in [4.78, 5) is 12.1. The Labute approximate surface area is 216 Å². The third-order valence-corrected chi connectivity index (χ3v) is 7.00. The summed E-state index contributed by atoms with van der Waals surface area (Å²) in [5.74, 6) is 8.18. The highest BCUT2D eigenvalue weighted by molar-refractivity contribution is 5.91. The van der Waals surface area contributed by atoms with Gasteiger partial charge in [-0.25, -0.2) is 9.97 Å². The minimum Gasteiger partial charge on any atom is -0.382 e. The summed E-state index contributed by atoms with van der Waals surface area (Å²) in [5.41, 5.74) is 11.3. The summed E-state index contributed by atoms with van der Waals surface area (Å²) >= 11 is 0. The van der Waals surface area contributed by atoms with Crippen molar-refractivity contribution in [2.24, 2.45) is 0 Å². The third-order valence-electron chi connectivity index (χ3n) is 7.00. The summed E-state index contributed by atoms with van der Waals surface area (Å²) in [5, 5.41) is 0. The third kappa shape index (κ3) is 6.87. The number of hydrogen-bond acceptors (Lipinski definition) is 5. The molecule has 1 aliphatic heterocycles. The van der Waals surface area contributed by atoms with Crippen LogP contribution in [-0.4, -0.2) is 39.1 Å². The van der Waals surface area contributed by atoms with Crippen molar-refractivity contribution in [1.82, 2.24) is 19.4 Å². The Morgan fingerprint density at radius 1 is 1.03 bits per heavy atom. The molecule has 6 heteroatoms. The van der Waals surface area contributed by atoms with E-state index in [1.54, 1.807) is 0 Å². The molecule has 0 spiro atoms. The van der Waals surface area contributed by atoms with Gasteiger partial charge in [0.05, 0.1) is 12.2 Å². The Morgan fingerprint density at radius 2 is 1.83 bits per heavy atom. The van der Waals surface area contributed by atoms with Crippen molar-refractivity contribution in [3.8, 4) is 11.8 Å². The van der Waals surface area contributed by atoms with Crippen molar-refractivity contribution in [3.05, 3.63) is 53.0 Å². The zero-order valence-corrected chi connectivity index (χ0v) is 22.1. The molecule has 6 nitrogen and oxygen atoms in total. The molecular formula is C30H41N5O. The van der Waals surface area contributed by atoms with Crippen molar-refractivity contribution in [2.45, 2.75) is 85.0 Å². The predicted octanol–water partition coefficient (Wildman–Crippen LogP) is 5.85. The van der Waals surface area contributed by atoms with E-state index in [2.05, 4.69) is 52.3 Å². The number of nitrogens with zero attached hydrogens (tertiary/aromatic N) is 4. The first kappa shape index (κ1) is 26.2. The fourth-order valence-electron chi connectivity index (χ4n) is 4.90. The quantitative estimate of drug-likeness (QED) is 0.272. The molecule has 36 heavy (non-hydrogen) atoms. The van der Waals surface area contributed by atoms with E-state index in [0.717, 1.165) is 65.8 Å². The molecule has 192 valence electrons. The van der Waals surface area contributed by atoms with E-state index in [4.69, 9.17) is 15.5 Å². The second-order valence-electron chi connectivity index (χ2n) is 9.84. The lowest BCUT2D eigenvalue weighted by Crippen LogP contribution is -2.30. The molecule has 3 aromatic rings. The minimum absolute atomic E-state index is 0.386. The molecule has 0 atom stereocenters. The van der Waals surface area contributed by atoms with Gasteiger partial charge in [0.25, 0.3) is 0 Å². The fourth-order valence-corrected chi connectivity index (χ4v) is 4.90. The molecule has 0 aliphatic carbocycles. The topological polar surface area (TPSA) is 69.2 Å². The molecule has 4 rings (SSSR count). The monoisotopic (exact) mass is 487 g/mol. The summed E-state index contributed by atoms with van der Waals surface area (Å²) < 4.78 is 8.15. The Hall–Kier alpha value is -2.88. The maximum atomic E-state index is 6.48. The maximum Gasteiger partial charge on any atom is 0.151 e. The van der Waals surface area contributed by atoms with E-state index in [1.807, 2.05) is 18.2 Å². The van der Waals surface area contributed by atoms with Gasteiger partial charge in [-0.05, 0) is 64.2 Å². The highest BCUT2D eigenvalue weighted by atomic mass is 16.5. The average molecular weight is 488 g/mol. The van der Waals surface area contributed by atoms with E-state index >= 15 is 0 Å². The lowest BCUT2D eigenvalue weighted by Gasteiger charge is -2.26. The molecular weight excluding hydrogens is 446 g/mol. The Bertz CT molecular complexity index is 1170. The second-order valence-corrected chi connectivity index (χ2v) is 9.84. The van der Waals surface area contributed by atoms with Gasteiger partial charge in [-0.1, -0.05) is 61.9 Å². The summed E-state index contributed by atoms with van der Waals surface area (Å²) in [7, 11) is 0. The lowest BCUT2D eigenvalue weighted by atomic mass is 10.1. The highest BCUT2D eigenvalue weighted by Gasteiger charge is 2.19. The molecule has 0 unspecified atom stereocenters. The normalized spacial score (nSPS) is 14.2. The highest BCUT2D eigenvalue weighted by Crippen LogP contribution is 2.28. The number of ether oxygens (including phenoxy) is 1. The van der Waals surface area contributed by atoms with Crippen LogP contribution in [0.15, 0.2) is 30.3 Å². The van der Waals surface area contributed by atoms with Gasteiger partial charge in [-0.3, -0.25) is 0 Å². The van der Waals surface area contributed by atoms with Gasteiger partial charge in [-0.2, -0.15) is 0 Å². The maximum absolute atomic E-state index is 6.48. The van der Waals surface area contributed by atoms with E-state index in [0.29, 0.717) is 19.2 Å². The van der Waals surface area contributed by atoms with Gasteiger partial charge in [0.2, 0.25) is 0 Å². The number of nitrogen functional groups attached to an aromatic ring is 1. The number of unbranched alkanes of at least 4 members (excludes halogenated alkanes) is 3. The molecule has 1 fully saturated rings. The smallest absolute Gasteiger partial charge is 0.151 e. The van der Waals surface area contributed by atoms with Crippen LogP contribution in [0.5, 0.6) is 0 Å². The van der Waals surface area contributed by atoms with Crippen LogP contribution in [-0.2, 0) is 24.5 Å². The van der Waals surface area contributed by atoms with E-state index in [9.17, 15) is 0 Å². The Balaban J connectivity index is 1.49. The Morgan fingerprint density at radius 3 is 2.61 bits per heavy atom. The first-order valence-electron chi connectivity index (χ1n) is 13.7. The number of likely N-dealkylation sites (tertiary alicyclic amines) is 1. The van der Waals surface area contributed by atoms with Gasteiger partial charge < -0.3 is 19.9 Å². The zero-order chi connectivity index (χ0) is 25.2. The molecule has 1 aromatic carbocycles. The number of aryl methyl sites for hydroxylation is 1. The zero-order valence-electron chi connectivity index (χ0n) is 22.1. The largest absolute Gasteiger partial charge is 0.382 e. The average Bonchev–Trinajstić information content (AvgIpc) is 3.17. The van der Waals surface area contributed by atoms with Crippen LogP contribution in [0.25, 0.3) is 11.0 Å². The first-order valence-corrected chi connectivity index (χ1v) is 13.7. The molecule has 0 radical (unpaired) electrons. The molecule has 0 amide bonds. The predicted molar refractivity (Wildman–Crippen MR) is 148 cm³/mol. The van der Waals surface area contributed by atoms with Crippen LogP contribution >= 0.6 is 0 Å². The van der Waals surface area contributed by atoms with Gasteiger partial charge in [0.1, 0.15) is 23.6 Å². The number of benzene rings is 1. The second kappa shape index (κ2) is 13.4. The van der Waals surface area contributed by atoms with E-state index in [-0.39, 0.29) is 0 Å². The van der Waals surface area contributed by atoms with Gasteiger partial charge in [0.15, 0.2) is 5.82 Å². The molecule has 3 heterocycles. The molecule has 2 aromatic heterocycles. The van der Waals surface area contributed by atoms with Crippen molar-refractivity contribution in [3.63, 3.8) is 0 Å². The standard InChI is InChI=1S/C30H41N5O/c1-3-4-18-27-32-28-26(17-11-5-6-12-19-34-20-13-8-14-21-34)24(2)35(29(28)30(31)33-27)23-36-22-25-15-9-7-10-16-25/h7,9-10,15-16H,3-6,8,12-14,18-23H2,1-2H3,(H2,31,32,33). The number of nitrogens with two attached hydrogens (primary N) is 1. The SMILES string of the molecule is CCCCc1nc(N)c2c(n1)c(C#CCCCCN1CCCCC1)c(C)n2COCc1ccccc1. The van der Waals surface area contributed by atoms with Crippen LogP contribution in [0.3, 0.4) is 0 Å². The first-order chi connectivity index (χ1) is 17.7. The van der Waals surface area contributed by atoms with Crippen molar-refractivity contribution in [2.75, 3.05) is 25.4 Å².